The van der Waals surface area contributed by atoms with Crippen LogP contribution in [0, 0.1) is 0 Å². The Morgan fingerprint density at radius 3 is 2.03 bits per heavy atom. The smallest absolute Gasteiger partial charge is 0.432 e. The van der Waals surface area contributed by atoms with Gasteiger partial charge in [-0.2, -0.15) is 13.2 Å². The largest absolute Gasteiger partial charge is 0.459 e. The molecule has 1 unspecified atom stereocenters. The van der Waals surface area contributed by atoms with Gasteiger partial charge in [-0.05, 0) is 24.8 Å². The Morgan fingerprint density at radius 2 is 1.46 bits per heavy atom. The number of halogens is 3. The summed E-state index contributed by atoms with van der Waals surface area (Å²) in [4.78, 5) is 12.9. The third kappa shape index (κ3) is 9.63. The Kier molecular flexibility index (Phi) is 13.4. The molecule has 0 fully saturated rings. The van der Waals surface area contributed by atoms with Crippen molar-refractivity contribution in [3.05, 3.63) is 84.4 Å². The second kappa shape index (κ2) is 16.3. The van der Waals surface area contributed by atoms with Crippen molar-refractivity contribution in [3.63, 3.8) is 0 Å². The van der Waals surface area contributed by atoms with E-state index in [4.69, 9.17) is 14.2 Å². The number of benzene rings is 2. The molecule has 0 spiro atoms. The van der Waals surface area contributed by atoms with Gasteiger partial charge in [0, 0.05) is 25.7 Å². The zero-order valence-electron chi connectivity index (χ0n) is 21.7. The molecule has 2 aromatic rings. The first-order valence-corrected chi connectivity index (χ1v) is 13.0. The Balaban J connectivity index is 1.71. The van der Waals surface area contributed by atoms with Crippen molar-refractivity contribution < 1.29 is 32.2 Å². The highest BCUT2D eigenvalue weighted by Crippen LogP contribution is 2.43. The van der Waals surface area contributed by atoms with Crippen molar-refractivity contribution in [1.82, 2.24) is 0 Å². The van der Waals surface area contributed by atoms with Gasteiger partial charge in [-0.1, -0.05) is 98.8 Å². The summed E-state index contributed by atoms with van der Waals surface area (Å²) in [6, 6.07) is 17.0. The van der Waals surface area contributed by atoms with Crippen molar-refractivity contribution in [1.29, 1.82) is 0 Å². The molecular weight excluding hydrogens is 481 g/mol. The van der Waals surface area contributed by atoms with Crippen LogP contribution in [0.5, 0.6) is 0 Å². The van der Waals surface area contributed by atoms with Gasteiger partial charge in [-0.3, -0.25) is 0 Å². The maximum Gasteiger partial charge on any atom is 0.432 e. The summed E-state index contributed by atoms with van der Waals surface area (Å²) in [5.74, 6) is -1.45. The van der Waals surface area contributed by atoms with E-state index in [-0.39, 0.29) is 12.0 Å². The number of rotatable bonds is 18. The second-order valence-corrected chi connectivity index (χ2v) is 9.10. The molecule has 37 heavy (non-hydrogen) atoms. The fourth-order valence-electron chi connectivity index (χ4n) is 4.26. The van der Waals surface area contributed by atoms with E-state index in [1.54, 1.807) is 12.1 Å². The van der Waals surface area contributed by atoms with Crippen LogP contribution in [0.2, 0.25) is 0 Å². The molecule has 0 heterocycles. The fraction of sp³-hybridized carbons (Fsp3) is 0.500. The number of alkyl halides is 3. The average Bonchev–Trinajstić information content (AvgIpc) is 2.88. The summed E-state index contributed by atoms with van der Waals surface area (Å²) in [5.41, 5.74) is -2.30. The Bertz CT molecular complexity index is 902. The number of esters is 1. The highest BCUT2D eigenvalue weighted by atomic mass is 19.4. The SMILES string of the molecule is C=CC[C@@H](CCCCCCCCCOCc1ccccc1)OC(=O)C(OC)(c1ccccc1)C(F)(F)F. The molecule has 0 N–H and O–H groups in total. The fourth-order valence-corrected chi connectivity index (χ4v) is 4.26. The normalized spacial score (nSPS) is 14.1. The highest BCUT2D eigenvalue weighted by Gasteiger charge is 2.64. The summed E-state index contributed by atoms with van der Waals surface area (Å²) in [6.07, 6.45) is 3.64. The summed E-state index contributed by atoms with van der Waals surface area (Å²) in [5, 5.41) is 0. The summed E-state index contributed by atoms with van der Waals surface area (Å²) in [6.45, 7) is 5.04. The van der Waals surface area contributed by atoms with E-state index in [1.807, 2.05) is 30.3 Å². The molecule has 0 aliphatic carbocycles. The van der Waals surface area contributed by atoms with Crippen molar-refractivity contribution in [2.24, 2.45) is 0 Å². The first-order valence-electron chi connectivity index (χ1n) is 13.0. The molecule has 0 aliphatic heterocycles. The topological polar surface area (TPSA) is 44.8 Å². The zero-order chi connectivity index (χ0) is 27.0. The van der Waals surface area contributed by atoms with Gasteiger partial charge < -0.3 is 14.2 Å². The van der Waals surface area contributed by atoms with Crippen molar-refractivity contribution in [3.8, 4) is 0 Å². The number of methoxy groups -OCH3 is 1. The number of hydrogen-bond acceptors (Lipinski definition) is 4. The molecular formula is C30H39F3O4. The summed E-state index contributed by atoms with van der Waals surface area (Å²) in [7, 11) is 0.875. The molecule has 2 aromatic carbocycles. The lowest BCUT2D eigenvalue weighted by Gasteiger charge is -2.33. The van der Waals surface area contributed by atoms with Crippen LogP contribution in [-0.2, 0) is 31.2 Å². The van der Waals surface area contributed by atoms with E-state index < -0.39 is 23.9 Å². The van der Waals surface area contributed by atoms with Gasteiger partial charge in [0.25, 0.3) is 5.60 Å². The monoisotopic (exact) mass is 520 g/mol. The van der Waals surface area contributed by atoms with Crippen molar-refractivity contribution in [2.75, 3.05) is 13.7 Å². The van der Waals surface area contributed by atoms with Crippen molar-refractivity contribution >= 4 is 5.97 Å². The van der Waals surface area contributed by atoms with Crippen LogP contribution in [0.4, 0.5) is 13.2 Å². The van der Waals surface area contributed by atoms with E-state index in [1.165, 1.54) is 29.8 Å². The minimum atomic E-state index is -4.98. The Labute approximate surface area is 218 Å². The average molecular weight is 521 g/mol. The zero-order valence-corrected chi connectivity index (χ0v) is 21.7. The van der Waals surface area contributed by atoms with Gasteiger partial charge >= 0.3 is 12.1 Å². The Morgan fingerprint density at radius 1 is 0.892 bits per heavy atom. The molecule has 204 valence electrons. The van der Waals surface area contributed by atoms with Crippen LogP contribution in [0.1, 0.15) is 68.9 Å². The highest BCUT2D eigenvalue weighted by molar-refractivity contribution is 5.82. The molecule has 0 aromatic heterocycles. The molecule has 4 nitrogen and oxygen atoms in total. The minimum absolute atomic E-state index is 0.279. The van der Waals surface area contributed by atoms with Gasteiger partial charge in [0.1, 0.15) is 6.10 Å². The standard InChI is InChI=1S/C30H39F3O4/c1-3-17-27(37-28(34)29(35-2,30(31,32)33)26-20-13-10-14-21-26)22-15-7-5-4-6-8-16-23-36-24-25-18-11-9-12-19-25/h3,9-14,18-21,27H,1,4-8,15-17,22-24H2,2H3/t27-,29?/m0/s1. The molecule has 0 amide bonds. The minimum Gasteiger partial charge on any atom is -0.459 e. The lowest BCUT2D eigenvalue weighted by atomic mass is 9.92. The van der Waals surface area contributed by atoms with Crippen LogP contribution in [0.15, 0.2) is 73.3 Å². The molecule has 7 heteroatoms. The first kappa shape index (κ1) is 30.6. The van der Waals surface area contributed by atoms with Crippen LogP contribution >= 0.6 is 0 Å². The molecule has 2 atom stereocenters. The first-order chi connectivity index (χ1) is 17.8. The number of unbranched alkanes of at least 4 members (excludes halogenated alkanes) is 6. The summed E-state index contributed by atoms with van der Waals surface area (Å²) >= 11 is 0. The molecule has 0 aliphatic rings. The maximum absolute atomic E-state index is 14.1. The van der Waals surface area contributed by atoms with E-state index in [9.17, 15) is 18.0 Å². The third-order valence-corrected chi connectivity index (χ3v) is 6.30. The summed E-state index contributed by atoms with van der Waals surface area (Å²) < 4.78 is 58.2. The van der Waals surface area contributed by atoms with E-state index in [0.717, 1.165) is 58.7 Å². The number of ether oxygens (including phenoxy) is 3. The second-order valence-electron chi connectivity index (χ2n) is 9.10. The molecule has 0 saturated carbocycles. The van der Waals surface area contributed by atoms with Gasteiger partial charge in [-0.15, -0.1) is 6.58 Å². The van der Waals surface area contributed by atoms with Crippen molar-refractivity contribution in [2.45, 2.75) is 82.3 Å². The van der Waals surface area contributed by atoms with Crippen LogP contribution in [0.25, 0.3) is 0 Å². The molecule has 0 saturated heterocycles. The lowest BCUT2D eigenvalue weighted by molar-refractivity contribution is -0.278. The molecule has 2 rings (SSSR count). The van der Waals surface area contributed by atoms with Crippen LogP contribution in [-0.4, -0.2) is 32.0 Å². The van der Waals surface area contributed by atoms with Crippen LogP contribution < -0.4 is 0 Å². The lowest BCUT2D eigenvalue weighted by Crippen LogP contribution is -2.52. The van der Waals surface area contributed by atoms with Gasteiger partial charge in [-0.25, -0.2) is 4.79 Å². The number of hydrogen-bond donors (Lipinski definition) is 0. The predicted octanol–water partition coefficient (Wildman–Crippen LogP) is 7.92. The van der Waals surface area contributed by atoms with Gasteiger partial charge in [0.2, 0.25) is 0 Å². The van der Waals surface area contributed by atoms with E-state index in [0.29, 0.717) is 13.0 Å². The van der Waals surface area contributed by atoms with Gasteiger partial charge in [0.15, 0.2) is 0 Å². The number of carbonyl (C=O) groups is 1. The third-order valence-electron chi connectivity index (χ3n) is 6.30. The number of carbonyl (C=O) groups excluding carboxylic acids is 1. The molecule has 0 radical (unpaired) electrons. The van der Waals surface area contributed by atoms with E-state index >= 15 is 0 Å². The van der Waals surface area contributed by atoms with Gasteiger partial charge in [0.05, 0.1) is 6.61 Å². The maximum atomic E-state index is 14.1. The molecule has 0 bridgehead atoms. The van der Waals surface area contributed by atoms with Crippen LogP contribution in [0.3, 0.4) is 0 Å². The predicted molar refractivity (Wildman–Crippen MR) is 139 cm³/mol. The quantitative estimate of drug-likeness (QED) is 0.114. The van der Waals surface area contributed by atoms with E-state index in [2.05, 4.69) is 6.58 Å². The Hall–Kier alpha value is -2.64.